The van der Waals surface area contributed by atoms with E-state index in [1.807, 2.05) is 13.8 Å². The van der Waals surface area contributed by atoms with Crippen molar-refractivity contribution in [2.45, 2.75) is 38.8 Å². The molecule has 20 heavy (non-hydrogen) atoms. The highest BCUT2D eigenvalue weighted by Crippen LogP contribution is 2.18. The lowest BCUT2D eigenvalue weighted by atomic mass is 10.1. The highest BCUT2D eigenvalue weighted by molar-refractivity contribution is 5.89. The minimum atomic E-state index is -0.633. The van der Waals surface area contributed by atoms with E-state index < -0.39 is 6.04 Å². The van der Waals surface area contributed by atoms with Crippen molar-refractivity contribution in [3.8, 4) is 0 Å². The molecule has 4 N–H and O–H groups in total. The maximum atomic E-state index is 11.8. The van der Waals surface area contributed by atoms with Gasteiger partial charge in [-0.25, -0.2) is 0 Å². The van der Waals surface area contributed by atoms with Gasteiger partial charge >= 0.3 is 0 Å². The van der Waals surface area contributed by atoms with E-state index in [2.05, 4.69) is 10.6 Å². The molecule has 1 rings (SSSR count). The predicted octanol–water partition coefficient (Wildman–Crippen LogP) is -1.18. The van der Waals surface area contributed by atoms with E-state index in [0.717, 1.165) is 12.8 Å². The van der Waals surface area contributed by atoms with Gasteiger partial charge in [-0.1, -0.05) is 13.8 Å². The lowest BCUT2D eigenvalue weighted by molar-refractivity contribution is -0.135. The molecule has 0 unspecified atom stereocenters. The van der Waals surface area contributed by atoms with Crippen molar-refractivity contribution >= 4 is 17.7 Å². The molecule has 0 bridgehead atoms. The van der Waals surface area contributed by atoms with E-state index in [-0.39, 0.29) is 42.8 Å². The van der Waals surface area contributed by atoms with E-state index in [0.29, 0.717) is 0 Å². The zero-order valence-corrected chi connectivity index (χ0v) is 12.3. The fourth-order valence-corrected chi connectivity index (χ4v) is 1.52. The molecule has 7 nitrogen and oxygen atoms in total. The lowest BCUT2D eigenvalue weighted by Crippen LogP contribution is -2.48. The molecule has 7 heteroatoms. The van der Waals surface area contributed by atoms with Crippen molar-refractivity contribution in [3.63, 3.8) is 0 Å². The van der Waals surface area contributed by atoms with Gasteiger partial charge in [0.25, 0.3) is 0 Å². The van der Waals surface area contributed by atoms with Gasteiger partial charge in [-0.05, 0) is 18.8 Å². The van der Waals surface area contributed by atoms with Crippen molar-refractivity contribution in [2.75, 3.05) is 20.1 Å². The van der Waals surface area contributed by atoms with Gasteiger partial charge in [0.1, 0.15) is 0 Å². The Morgan fingerprint density at radius 1 is 1.30 bits per heavy atom. The van der Waals surface area contributed by atoms with E-state index in [1.165, 1.54) is 11.9 Å². The van der Waals surface area contributed by atoms with Crippen LogP contribution in [-0.2, 0) is 14.4 Å². The smallest absolute Gasteiger partial charge is 0.242 e. The maximum absolute atomic E-state index is 11.8. The average molecular weight is 284 g/mol. The van der Waals surface area contributed by atoms with Crippen LogP contribution in [0, 0.1) is 5.92 Å². The summed E-state index contributed by atoms with van der Waals surface area (Å²) in [7, 11) is 1.53. The summed E-state index contributed by atoms with van der Waals surface area (Å²) in [5, 5.41) is 5.28. The average Bonchev–Trinajstić information content (AvgIpc) is 3.17. The fraction of sp³-hybridized carbons (Fsp3) is 0.769. The van der Waals surface area contributed by atoms with Crippen LogP contribution < -0.4 is 16.4 Å². The molecule has 0 heterocycles. The number of nitrogens with one attached hydrogen (secondary N) is 2. The lowest BCUT2D eigenvalue weighted by Gasteiger charge is -2.19. The van der Waals surface area contributed by atoms with E-state index in [9.17, 15) is 14.4 Å². The SMILES string of the molecule is CC(C)[C@H](N)C(=O)NCC(=O)N(C)CC(=O)NC1CC1. The Morgan fingerprint density at radius 3 is 2.40 bits per heavy atom. The first kappa shape index (κ1) is 16.4. The summed E-state index contributed by atoms with van der Waals surface area (Å²) in [6.07, 6.45) is 2.01. The molecular weight excluding hydrogens is 260 g/mol. The summed E-state index contributed by atoms with van der Waals surface area (Å²) < 4.78 is 0. The third-order valence-corrected chi connectivity index (χ3v) is 3.18. The number of likely N-dealkylation sites (N-methyl/N-ethyl adjacent to an activating group) is 1. The van der Waals surface area contributed by atoms with Crippen molar-refractivity contribution < 1.29 is 14.4 Å². The van der Waals surface area contributed by atoms with Gasteiger partial charge in [0, 0.05) is 13.1 Å². The molecule has 3 amide bonds. The van der Waals surface area contributed by atoms with Crippen LogP contribution in [0.25, 0.3) is 0 Å². The van der Waals surface area contributed by atoms with Crippen LogP contribution in [0.2, 0.25) is 0 Å². The zero-order valence-electron chi connectivity index (χ0n) is 12.3. The van der Waals surface area contributed by atoms with E-state index in [4.69, 9.17) is 5.73 Å². The van der Waals surface area contributed by atoms with Crippen molar-refractivity contribution in [1.29, 1.82) is 0 Å². The number of nitrogens with two attached hydrogens (primary N) is 1. The molecule has 0 radical (unpaired) electrons. The number of amides is 3. The topological polar surface area (TPSA) is 105 Å². The number of hydrogen-bond donors (Lipinski definition) is 3. The molecule has 0 aromatic carbocycles. The van der Waals surface area contributed by atoms with Gasteiger partial charge < -0.3 is 21.3 Å². The molecule has 0 spiro atoms. The maximum Gasteiger partial charge on any atom is 0.242 e. The molecule has 0 aliphatic heterocycles. The second-order valence-corrected chi connectivity index (χ2v) is 5.58. The molecule has 114 valence electrons. The highest BCUT2D eigenvalue weighted by atomic mass is 16.2. The third-order valence-electron chi connectivity index (χ3n) is 3.18. The Labute approximate surface area is 119 Å². The van der Waals surface area contributed by atoms with Gasteiger partial charge in [-0.3, -0.25) is 14.4 Å². The van der Waals surface area contributed by atoms with Crippen LogP contribution in [0.4, 0.5) is 0 Å². The number of nitrogens with zero attached hydrogens (tertiary/aromatic N) is 1. The first-order valence-corrected chi connectivity index (χ1v) is 6.88. The number of rotatable bonds is 7. The van der Waals surface area contributed by atoms with Gasteiger partial charge in [0.2, 0.25) is 17.7 Å². The molecule has 1 aliphatic carbocycles. The standard InChI is InChI=1S/C13H24N4O3/c1-8(2)12(14)13(20)15-6-11(19)17(3)7-10(18)16-9-4-5-9/h8-9,12H,4-7,14H2,1-3H3,(H,15,20)(H,16,18)/t12-/m0/s1. The normalized spacial score (nSPS) is 15.7. The van der Waals surface area contributed by atoms with Crippen molar-refractivity contribution in [2.24, 2.45) is 11.7 Å². The summed E-state index contributed by atoms with van der Waals surface area (Å²) in [5.41, 5.74) is 5.66. The Balaban J connectivity index is 2.26. The summed E-state index contributed by atoms with van der Waals surface area (Å²) in [5.74, 6) is -0.842. The Morgan fingerprint density at radius 2 is 1.90 bits per heavy atom. The first-order chi connectivity index (χ1) is 9.31. The van der Waals surface area contributed by atoms with Gasteiger partial charge in [-0.15, -0.1) is 0 Å². The molecule has 0 aromatic heterocycles. The predicted molar refractivity (Wildman–Crippen MR) is 74.6 cm³/mol. The number of hydrogen-bond acceptors (Lipinski definition) is 4. The monoisotopic (exact) mass is 284 g/mol. The molecule has 0 aromatic rings. The van der Waals surface area contributed by atoms with Gasteiger partial charge in [0.05, 0.1) is 19.1 Å². The summed E-state index contributed by atoms with van der Waals surface area (Å²) in [6, 6.07) is -0.360. The van der Waals surface area contributed by atoms with Crippen molar-refractivity contribution in [3.05, 3.63) is 0 Å². The minimum absolute atomic E-state index is 0.00143. The Kier molecular flexibility index (Phi) is 5.94. The quantitative estimate of drug-likeness (QED) is 0.547. The highest BCUT2D eigenvalue weighted by Gasteiger charge is 2.24. The zero-order chi connectivity index (χ0) is 15.3. The second kappa shape index (κ2) is 7.23. The Bertz CT molecular complexity index is 380. The first-order valence-electron chi connectivity index (χ1n) is 6.88. The minimum Gasteiger partial charge on any atom is -0.352 e. The van der Waals surface area contributed by atoms with Crippen LogP contribution >= 0.6 is 0 Å². The van der Waals surface area contributed by atoms with Gasteiger partial charge in [0.15, 0.2) is 0 Å². The number of carbonyl (C=O) groups excluding carboxylic acids is 3. The Hall–Kier alpha value is -1.63. The van der Waals surface area contributed by atoms with Crippen LogP contribution in [0.3, 0.4) is 0 Å². The number of carbonyl (C=O) groups is 3. The third kappa shape index (κ3) is 5.56. The van der Waals surface area contributed by atoms with Gasteiger partial charge in [-0.2, -0.15) is 0 Å². The second-order valence-electron chi connectivity index (χ2n) is 5.58. The summed E-state index contributed by atoms with van der Waals surface area (Å²) in [4.78, 5) is 36.2. The largest absolute Gasteiger partial charge is 0.352 e. The fourth-order valence-electron chi connectivity index (χ4n) is 1.52. The van der Waals surface area contributed by atoms with Crippen LogP contribution in [0.15, 0.2) is 0 Å². The molecule has 0 saturated heterocycles. The molecular formula is C13H24N4O3. The molecule has 1 atom stereocenters. The van der Waals surface area contributed by atoms with E-state index >= 15 is 0 Å². The van der Waals surface area contributed by atoms with E-state index in [1.54, 1.807) is 0 Å². The van der Waals surface area contributed by atoms with Crippen LogP contribution in [-0.4, -0.2) is 54.8 Å². The molecule has 1 aliphatic rings. The van der Waals surface area contributed by atoms with Crippen molar-refractivity contribution in [1.82, 2.24) is 15.5 Å². The summed E-state index contributed by atoms with van der Waals surface area (Å²) >= 11 is 0. The van der Waals surface area contributed by atoms with Crippen LogP contribution in [0.5, 0.6) is 0 Å². The summed E-state index contributed by atoms with van der Waals surface area (Å²) in [6.45, 7) is 3.52. The van der Waals surface area contributed by atoms with Crippen LogP contribution in [0.1, 0.15) is 26.7 Å². The molecule has 1 saturated carbocycles. The molecule has 1 fully saturated rings.